The average Bonchev–Trinajstić information content (AvgIpc) is 2.46. The molecular weight excluding hydrogens is 295 g/mol. The third kappa shape index (κ3) is 4.97. The molecule has 1 aromatic rings. The molecule has 0 aliphatic carbocycles. The van der Waals surface area contributed by atoms with Crippen LogP contribution in [0.5, 0.6) is 0 Å². The molecule has 1 fully saturated rings. The second-order valence-electron chi connectivity index (χ2n) is 5.11. The summed E-state index contributed by atoms with van der Waals surface area (Å²) in [5, 5.41) is 4.06. The van der Waals surface area contributed by atoms with Gasteiger partial charge in [-0.05, 0) is 50.0 Å². The number of nitrogens with one attached hydrogen (secondary N) is 1. The lowest BCUT2D eigenvalue weighted by atomic mass is 10.0. The molecule has 0 unspecified atom stereocenters. The summed E-state index contributed by atoms with van der Waals surface area (Å²) in [6, 6.07) is 8.12. The Morgan fingerprint density at radius 2 is 1.90 bits per heavy atom. The van der Waals surface area contributed by atoms with Crippen molar-refractivity contribution in [3.8, 4) is 0 Å². The molecule has 0 bridgehead atoms. The number of carbonyl (C=O) groups excluding carboxylic acids is 1. The van der Waals surface area contributed by atoms with E-state index in [9.17, 15) is 4.79 Å². The van der Waals surface area contributed by atoms with E-state index in [-0.39, 0.29) is 18.3 Å². The summed E-state index contributed by atoms with van der Waals surface area (Å²) in [5.41, 5.74) is 1.16. The maximum absolute atomic E-state index is 12.2. The predicted octanol–water partition coefficient (Wildman–Crippen LogP) is 2.90. The van der Waals surface area contributed by atoms with Crippen molar-refractivity contribution >= 4 is 29.9 Å². The second-order valence-corrected chi connectivity index (χ2v) is 5.55. The van der Waals surface area contributed by atoms with Crippen LogP contribution in [-0.4, -0.2) is 37.0 Å². The summed E-state index contributed by atoms with van der Waals surface area (Å²) in [7, 11) is 1.93. The predicted molar refractivity (Wildman–Crippen MR) is 85.7 cm³/mol. The highest BCUT2D eigenvalue weighted by atomic mass is 35.5. The van der Waals surface area contributed by atoms with Crippen molar-refractivity contribution in [2.75, 3.05) is 20.1 Å². The molecule has 0 aromatic heterocycles. The minimum absolute atomic E-state index is 0. The highest BCUT2D eigenvalue weighted by molar-refractivity contribution is 6.30. The van der Waals surface area contributed by atoms with Crippen LogP contribution < -0.4 is 5.32 Å². The van der Waals surface area contributed by atoms with Gasteiger partial charge >= 0.3 is 0 Å². The number of benzene rings is 1. The van der Waals surface area contributed by atoms with E-state index in [0.29, 0.717) is 12.5 Å². The first-order valence-corrected chi connectivity index (χ1v) is 7.25. The van der Waals surface area contributed by atoms with E-state index in [0.717, 1.165) is 42.9 Å². The number of piperidine rings is 1. The van der Waals surface area contributed by atoms with Gasteiger partial charge in [-0.3, -0.25) is 4.79 Å². The molecule has 1 saturated heterocycles. The number of carbonyl (C=O) groups is 1. The van der Waals surface area contributed by atoms with Crippen LogP contribution in [0.3, 0.4) is 0 Å². The van der Waals surface area contributed by atoms with Gasteiger partial charge in [-0.25, -0.2) is 0 Å². The van der Waals surface area contributed by atoms with E-state index < -0.39 is 0 Å². The Hall–Kier alpha value is -0.770. The van der Waals surface area contributed by atoms with Crippen LogP contribution in [0.2, 0.25) is 5.02 Å². The third-order valence-electron chi connectivity index (χ3n) is 3.79. The molecule has 20 heavy (non-hydrogen) atoms. The molecule has 0 spiro atoms. The first-order chi connectivity index (χ1) is 9.16. The SMILES string of the molecule is CN(C(=O)CCc1ccc(Cl)cc1)C1CCNCC1.Cl. The fraction of sp³-hybridized carbons (Fsp3) is 0.533. The molecule has 1 amide bonds. The first kappa shape index (κ1) is 17.3. The first-order valence-electron chi connectivity index (χ1n) is 6.87. The number of nitrogens with zero attached hydrogens (tertiary/aromatic N) is 1. The minimum Gasteiger partial charge on any atom is -0.343 e. The van der Waals surface area contributed by atoms with Crippen molar-refractivity contribution in [2.24, 2.45) is 0 Å². The summed E-state index contributed by atoms with van der Waals surface area (Å²) in [4.78, 5) is 14.1. The molecule has 1 N–H and O–H groups in total. The molecule has 0 radical (unpaired) electrons. The summed E-state index contributed by atoms with van der Waals surface area (Å²) >= 11 is 5.85. The largest absolute Gasteiger partial charge is 0.343 e. The number of hydrogen-bond donors (Lipinski definition) is 1. The maximum Gasteiger partial charge on any atom is 0.222 e. The van der Waals surface area contributed by atoms with Crippen LogP contribution in [0.1, 0.15) is 24.8 Å². The number of aryl methyl sites for hydroxylation is 1. The highest BCUT2D eigenvalue weighted by Crippen LogP contribution is 2.14. The summed E-state index contributed by atoms with van der Waals surface area (Å²) < 4.78 is 0. The van der Waals surface area contributed by atoms with Crippen molar-refractivity contribution in [2.45, 2.75) is 31.7 Å². The van der Waals surface area contributed by atoms with Gasteiger partial charge in [-0.2, -0.15) is 0 Å². The topological polar surface area (TPSA) is 32.3 Å². The van der Waals surface area contributed by atoms with Gasteiger partial charge in [0.2, 0.25) is 5.91 Å². The van der Waals surface area contributed by atoms with Crippen molar-refractivity contribution in [1.29, 1.82) is 0 Å². The van der Waals surface area contributed by atoms with Gasteiger partial charge in [0.15, 0.2) is 0 Å². The zero-order valence-corrected chi connectivity index (χ0v) is 13.3. The second kappa shape index (κ2) is 8.50. The van der Waals surface area contributed by atoms with Crippen molar-refractivity contribution in [1.82, 2.24) is 10.2 Å². The van der Waals surface area contributed by atoms with Crippen LogP contribution >= 0.6 is 24.0 Å². The number of amides is 1. The Labute approximate surface area is 132 Å². The molecule has 0 saturated carbocycles. The lowest BCUT2D eigenvalue weighted by Gasteiger charge is -2.31. The molecular formula is C15H22Cl2N2O. The Kier molecular flexibility index (Phi) is 7.35. The lowest BCUT2D eigenvalue weighted by Crippen LogP contribution is -2.44. The van der Waals surface area contributed by atoms with Gasteiger partial charge in [0.05, 0.1) is 0 Å². The molecule has 112 valence electrons. The summed E-state index contributed by atoms with van der Waals surface area (Å²) in [6.45, 7) is 2.03. The molecule has 1 aliphatic heterocycles. The lowest BCUT2D eigenvalue weighted by molar-refractivity contribution is -0.132. The van der Waals surface area contributed by atoms with Gasteiger partial charge in [0, 0.05) is 24.5 Å². The highest BCUT2D eigenvalue weighted by Gasteiger charge is 2.21. The van der Waals surface area contributed by atoms with Crippen LogP contribution in [0.15, 0.2) is 24.3 Å². The number of halogens is 2. The van der Waals surface area contributed by atoms with Crippen molar-refractivity contribution in [3.63, 3.8) is 0 Å². The standard InChI is InChI=1S/C15H21ClN2O.ClH/c1-18(14-8-10-17-11-9-14)15(19)7-4-12-2-5-13(16)6-3-12;/h2-3,5-6,14,17H,4,7-11H2,1H3;1H. The van der Waals surface area contributed by atoms with E-state index in [2.05, 4.69) is 5.32 Å². The van der Waals surface area contributed by atoms with E-state index in [1.165, 1.54) is 0 Å². The number of rotatable bonds is 4. The smallest absolute Gasteiger partial charge is 0.222 e. The minimum atomic E-state index is 0. The van der Waals surface area contributed by atoms with E-state index in [1.807, 2.05) is 36.2 Å². The van der Waals surface area contributed by atoms with Gasteiger partial charge < -0.3 is 10.2 Å². The quantitative estimate of drug-likeness (QED) is 0.926. The Morgan fingerprint density at radius 3 is 2.50 bits per heavy atom. The zero-order valence-electron chi connectivity index (χ0n) is 11.8. The normalized spacial score (nSPS) is 15.5. The van der Waals surface area contributed by atoms with Crippen molar-refractivity contribution < 1.29 is 4.79 Å². The molecule has 2 rings (SSSR count). The van der Waals surface area contributed by atoms with E-state index >= 15 is 0 Å². The Bertz CT molecular complexity index is 416. The summed E-state index contributed by atoms with van der Waals surface area (Å²) in [5.74, 6) is 0.238. The van der Waals surface area contributed by atoms with Crippen LogP contribution in [0.4, 0.5) is 0 Å². The van der Waals surface area contributed by atoms with E-state index in [1.54, 1.807) is 0 Å². The van der Waals surface area contributed by atoms with Crippen molar-refractivity contribution in [3.05, 3.63) is 34.9 Å². The fourth-order valence-electron chi connectivity index (χ4n) is 2.48. The van der Waals surface area contributed by atoms with Crippen LogP contribution in [-0.2, 0) is 11.2 Å². The van der Waals surface area contributed by atoms with Crippen LogP contribution in [0.25, 0.3) is 0 Å². The average molecular weight is 317 g/mol. The Morgan fingerprint density at radius 1 is 1.30 bits per heavy atom. The van der Waals surface area contributed by atoms with Gasteiger partial charge in [-0.15, -0.1) is 12.4 Å². The maximum atomic E-state index is 12.2. The zero-order chi connectivity index (χ0) is 13.7. The summed E-state index contributed by atoms with van der Waals surface area (Å²) in [6.07, 6.45) is 3.47. The van der Waals surface area contributed by atoms with Gasteiger partial charge in [-0.1, -0.05) is 23.7 Å². The molecule has 1 aromatic carbocycles. The van der Waals surface area contributed by atoms with Gasteiger partial charge in [0.1, 0.15) is 0 Å². The third-order valence-corrected chi connectivity index (χ3v) is 4.04. The Balaban J connectivity index is 0.00000200. The molecule has 1 heterocycles. The number of hydrogen-bond acceptors (Lipinski definition) is 2. The van der Waals surface area contributed by atoms with Gasteiger partial charge in [0.25, 0.3) is 0 Å². The van der Waals surface area contributed by atoms with E-state index in [4.69, 9.17) is 11.6 Å². The van der Waals surface area contributed by atoms with Crippen LogP contribution in [0, 0.1) is 0 Å². The fourth-order valence-corrected chi connectivity index (χ4v) is 2.60. The monoisotopic (exact) mass is 316 g/mol. The molecule has 5 heteroatoms. The molecule has 0 atom stereocenters. The molecule has 1 aliphatic rings. The molecule has 3 nitrogen and oxygen atoms in total.